The Morgan fingerprint density at radius 1 is 0.873 bits per heavy atom. The molecule has 1 aliphatic rings. The Hall–Kier alpha value is -5.47. The number of aliphatic carboxylic acids is 2. The molecule has 5 rings (SSSR count). The number of nitrogens with one attached hydrogen (secondary N) is 3. The summed E-state index contributed by atoms with van der Waals surface area (Å²) in [7, 11) is 1.72. The van der Waals surface area contributed by atoms with Crippen LogP contribution in [-0.4, -0.2) is 129 Å². The summed E-state index contributed by atoms with van der Waals surface area (Å²) in [5, 5.41) is 36.6. The number of morpholine rings is 1. The van der Waals surface area contributed by atoms with Crippen molar-refractivity contribution in [2.24, 2.45) is 0 Å². The van der Waals surface area contributed by atoms with Gasteiger partial charge in [0.2, 0.25) is 5.91 Å². The van der Waals surface area contributed by atoms with Gasteiger partial charge in [0.05, 0.1) is 47.3 Å². The molecule has 1 aliphatic heterocycles. The standard InChI is InChI=1S/C40H53N7O5S2.C4H6O5/c1-29(2)38-43-34(27-53-38)25-46(3)39(49)45-36(16-17-47-18-20-51-21-19-47)37(48)42-32(22-30-10-6-4-7-11-30)14-15-33(23-31-12-8-5-9-13-31)44-40(50)52-26-35-24-41-28-54-35;5-2(4(8)9)1-3(6)7/h4-13,24,27-29,32-33,36H,14-23,25-26H2,1-3H3,(H,42,48)(H,44,50)(H,45,49);2,5H,1H2,(H,6,7)(H,8,9). The minimum absolute atomic E-state index is 0.150. The number of ether oxygens (including phenoxy) is 2. The van der Waals surface area contributed by atoms with E-state index in [9.17, 15) is 24.0 Å². The highest BCUT2D eigenvalue weighted by Crippen LogP contribution is 2.20. The van der Waals surface area contributed by atoms with Gasteiger partial charge in [-0.3, -0.25) is 19.5 Å². The highest BCUT2D eigenvalue weighted by atomic mass is 32.1. The summed E-state index contributed by atoms with van der Waals surface area (Å²) < 4.78 is 11.1. The molecule has 2 aromatic heterocycles. The van der Waals surface area contributed by atoms with Gasteiger partial charge in [-0.15, -0.1) is 22.7 Å². The van der Waals surface area contributed by atoms with Gasteiger partial charge in [0.1, 0.15) is 12.6 Å². The molecule has 4 unspecified atom stereocenters. The number of urea groups is 1. The van der Waals surface area contributed by atoms with Crippen LogP contribution in [0, 0.1) is 0 Å². The summed E-state index contributed by atoms with van der Waals surface area (Å²) in [5.74, 6) is -2.77. The van der Waals surface area contributed by atoms with E-state index in [1.54, 1.807) is 35.0 Å². The molecule has 0 radical (unpaired) electrons. The number of carbonyl (C=O) groups is 5. The fourth-order valence-electron chi connectivity index (χ4n) is 6.50. The first kappa shape index (κ1) is 50.2. The van der Waals surface area contributed by atoms with Gasteiger partial charge < -0.3 is 45.6 Å². The molecule has 1 saturated heterocycles. The van der Waals surface area contributed by atoms with Gasteiger partial charge in [-0.1, -0.05) is 74.5 Å². The first-order chi connectivity index (χ1) is 30.2. The maximum absolute atomic E-state index is 14.2. The molecule has 2 aromatic carbocycles. The van der Waals surface area contributed by atoms with Crippen molar-refractivity contribution >= 4 is 52.6 Å². The van der Waals surface area contributed by atoms with Crippen molar-refractivity contribution in [1.82, 2.24) is 35.7 Å². The number of alkyl carbamates (subject to hydrolysis) is 1. The van der Waals surface area contributed by atoms with Gasteiger partial charge in [0.15, 0.2) is 6.10 Å². The second-order valence-corrected chi connectivity index (χ2v) is 17.3. The van der Waals surface area contributed by atoms with Crippen LogP contribution in [-0.2, 0) is 49.9 Å². The normalized spacial score (nSPS) is 14.6. The van der Waals surface area contributed by atoms with Gasteiger partial charge >= 0.3 is 24.1 Å². The summed E-state index contributed by atoms with van der Waals surface area (Å²) in [6.45, 7) is 8.19. The molecule has 63 heavy (non-hydrogen) atoms. The van der Waals surface area contributed by atoms with E-state index >= 15 is 0 Å². The first-order valence-electron chi connectivity index (χ1n) is 20.8. The number of carboxylic acid groups (broad SMARTS) is 2. The third-order valence-electron chi connectivity index (χ3n) is 9.92. The lowest BCUT2D eigenvalue weighted by Crippen LogP contribution is -2.54. The summed E-state index contributed by atoms with van der Waals surface area (Å²) in [6, 6.07) is 18.4. The number of benzene rings is 2. The van der Waals surface area contributed by atoms with Crippen LogP contribution >= 0.6 is 22.7 Å². The van der Waals surface area contributed by atoms with Crippen LogP contribution < -0.4 is 16.0 Å². The van der Waals surface area contributed by atoms with E-state index < -0.39 is 36.6 Å². The molecule has 6 N–H and O–H groups in total. The topological polar surface area (TPSA) is 233 Å². The number of carbonyl (C=O) groups excluding carboxylic acids is 3. The average Bonchev–Trinajstić information content (AvgIpc) is 3.97. The van der Waals surface area contributed by atoms with Crippen molar-refractivity contribution in [2.75, 3.05) is 39.9 Å². The molecule has 0 saturated carbocycles. The number of amides is 4. The first-order valence-corrected chi connectivity index (χ1v) is 22.6. The van der Waals surface area contributed by atoms with Gasteiger partial charge in [0, 0.05) is 56.3 Å². The zero-order valence-corrected chi connectivity index (χ0v) is 37.5. The predicted octanol–water partition coefficient (Wildman–Crippen LogP) is 4.91. The Labute approximate surface area is 375 Å². The van der Waals surface area contributed by atoms with Gasteiger partial charge in [-0.2, -0.15) is 0 Å². The number of aliphatic hydroxyl groups excluding tert-OH is 1. The third kappa shape index (κ3) is 19.2. The zero-order chi connectivity index (χ0) is 45.6. The molecule has 0 bridgehead atoms. The van der Waals surface area contributed by atoms with Gasteiger partial charge in [0.25, 0.3) is 0 Å². The number of aromatic nitrogens is 2. The Morgan fingerprint density at radius 3 is 2.02 bits per heavy atom. The molecular formula is C44H59N7O10S2. The highest BCUT2D eigenvalue weighted by Gasteiger charge is 2.27. The lowest BCUT2D eigenvalue weighted by molar-refractivity contribution is -0.152. The molecule has 1 fully saturated rings. The Morgan fingerprint density at radius 2 is 1.49 bits per heavy atom. The summed E-state index contributed by atoms with van der Waals surface area (Å²) in [4.78, 5) is 73.6. The molecule has 4 atom stereocenters. The fourth-order valence-corrected chi connectivity index (χ4v) is 7.83. The van der Waals surface area contributed by atoms with E-state index in [4.69, 9.17) is 24.8 Å². The molecule has 4 amide bonds. The smallest absolute Gasteiger partial charge is 0.407 e. The van der Waals surface area contributed by atoms with Crippen molar-refractivity contribution in [3.63, 3.8) is 0 Å². The molecule has 19 heteroatoms. The van der Waals surface area contributed by atoms with Crippen LogP contribution in [0.1, 0.15) is 72.2 Å². The Balaban J connectivity index is 0.000000870. The number of hydrogen-bond donors (Lipinski definition) is 6. The number of thiazole rings is 2. The predicted molar refractivity (Wildman–Crippen MR) is 238 cm³/mol. The van der Waals surface area contributed by atoms with Crippen LogP contribution in [0.15, 0.2) is 77.8 Å². The number of hydrogen-bond acceptors (Lipinski definition) is 13. The van der Waals surface area contributed by atoms with E-state index in [0.717, 1.165) is 39.8 Å². The lowest BCUT2D eigenvalue weighted by Gasteiger charge is -2.30. The van der Waals surface area contributed by atoms with Crippen LogP contribution in [0.4, 0.5) is 9.59 Å². The van der Waals surface area contributed by atoms with Crippen molar-refractivity contribution in [2.45, 2.75) is 95.7 Å². The van der Waals surface area contributed by atoms with E-state index in [2.05, 4.69) is 44.7 Å². The largest absolute Gasteiger partial charge is 0.481 e. The van der Waals surface area contributed by atoms with Crippen molar-refractivity contribution in [3.05, 3.63) is 104 Å². The van der Waals surface area contributed by atoms with Crippen molar-refractivity contribution < 1.29 is 48.8 Å². The summed E-state index contributed by atoms with van der Waals surface area (Å²) in [6.07, 6.45) is 1.45. The van der Waals surface area contributed by atoms with Crippen molar-refractivity contribution in [1.29, 1.82) is 0 Å². The number of aliphatic hydroxyl groups is 1. The third-order valence-corrected chi connectivity index (χ3v) is 11.9. The molecule has 0 spiro atoms. The van der Waals surface area contributed by atoms with E-state index in [1.807, 2.05) is 66.0 Å². The monoisotopic (exact) mass is 909 g/mol. The molecule has 4 aromatic rings. The zero-order valence-electron chi connectivity index (χ0n) is 35.9. The van der Waals surface area contributed by atoms with Crippen LogP contribution in [0.2, 0.25) is 0 Å². The number of carboxylic acids is 2. The minimum Gasteiger partial charge on any atom is -0.481 e. The molecule has 342 valence electrons. The number of nitrogens with zero attached hydrogens (tertiary/aromatic N) is 4. The highest BCUT2D eigenvalue weighted by molar-refractivity contribution is 7.09. The van der Waals surface area contributed by atoms with Crippen LogP contribution in [0.25, 0.3) is 0 Å². The van der Waals surface area contributed by atoms with Crippen LogP contribution in [0.5, 0.6) is 0 Å². The molecular weight excluding hydrogens is 851 g/mol. The molecule has 0 aliphatic carbocycles. The number of rotatable bonds is 22. The maximum atomic E-state index is 14.2. The Kier molecular flexibility index (Phi) is 21.4. The average molecular weight is 910 g/mol. The minimum atomic E-state index is -1.79. The Bertz CT molecular complexity index is 1980. The SMILES string of the molecule is CC(C)c1nc(CN(C)C(=O)NC(CCN2CCOCC2)C(=O)NC(CCC(Cc2ccccc2)NC(=O)OCc2cncs2)Cc2ccccc2)cs1.O=C(O)CC(O)C(=O)O. The second kappa shape index (κ2) is 26.9. The van der Waals surface area contributed by atoms with Gasteiger partial charge in [-0.05, 0) is 43.2 Å². The quantitative estimate of drug-likeness (QED) is 0.0617. The van der Waals surface area contributed by atoms with E-state index in [-0.39, 0.29) is 30.6 Å². The van der Waals surface area contributed by atoms with Crippen molar-refractivity contribution in [3.8, 4) is 0 Å². The van der Waals surface area contributed by atoms with E-state index in [0.29, 0.717) is 64.3 Å². The molecule has 17 nitrogen and oxygen atoms in total. The van der Waals surface area contributed by atoms with Gasteiger partial charge in [-0.25, -0.2) is 19.4 Å². The lowest BCUT2D eigenvalue weighted by atomic mass is 9.95. The van der Waals surface area contributed by atoms with E-state index in [1.165, 1.54) is 11.3 Å². The molecule has 3 heterocycles. The second-order valence-electron chi connectivity index (χ2n) is 15.4. The summed E-state index contributed by atoms with van der Waals surface area (Å²) in [5.41, 5.74) is 4.70. The maximum Gasteiger partial charge on any atom is 0.407 e. The van der Waals surface area contributed by atoms with Crippen LogP contribution in [0.3, 0.4) is 0 Å². The fraction of sp³-hybridized carbons (Fsp3) is 0.477. The summed E-state index contributed by atoms with van der Waals surface area (Å²) >= 11 is 3.02.